The van der Waals surface area contributed by atoms with Gasteiger partial charge >= 0.3 is 0 Å². The fourth-order valence-electron chi connectivity index (χ4n) is 0.910. The molecule has 0 aromatic carbocycles. The number of aromatic amines is 1. The fourth-order valence-corrected chi connectivity index (χ4v) is 1.67. The first-order valence-corrected chi connectivity index (χ1v) is 4.79. The molecule has 0 radical (unpaired) electrons. The molecule has 0 fully saturated rings. The largest absolute Gasteiger partial charge is 0.350 e. The molecule has 1 N–H and O–H groups in total. The summed E-state index contributed by atoms with van der Waals surface area (Å²) in [6.07, 6.45) is 3.48. The normalized spacial score (nSPS) is 10.0. The highest BCUT2D eigenvalue weighted by Crippen LogP contribution is 2.17. The molecule has 2 rings (SSSR count). The van der Waals surface area contributed by atoms with Gasteiger partial charge in [0.2, 0.25) is 0 Å². The van der Waals surface area contributed by atoms with E-state index in [1.54, 1.807) is 17.5 Å². The van der Waals surface area contributed by atoms with Crippen molar-refractivity contribution in [1.82, 2.24) is 9.97 Å². The van der Waals surface area contributed by atoms with Crippen molar-refractivity contribution in [1.29, 1.82) is 0 Å². The van der Waals surface area contributed by atoms with Crippen LogP contribution in [0.4, 0.5) is 0 Å². The Balaban J connectivity index is 2.49. The second-order valence-corrected chi connectivity index (χ2v) is 3.53. The summed E-state index contributed by atoms with van der Waals surface area (Å²) in [5, 5.41) is 4.08. The van der Waals surface area contributed by atoms with Gasteiger partial charge in [0.15, 0.2) is 0 Å². The maximum Gasteiger partial charge on any atom is 0.121 e. The number of hydrogen-bond acceptors (Lipinski definition) is 3. The second kappa shape index (κ2) is 3.16. The second-order valence-electron chi connectivity index (χ2n) is 2.31. The minimum atomic E-state index is 0.661. The van der Waals surface area contributed by atoms with Crippen molar-refractivity contribution in [2.75, 3.05) is 0 Å². The van der Waals surface area contributed by atoms with E-state index < -0.39 is 0 Å². The van der Waals surface area contributed by atoms with Crippen LogP contribution in [0.5, 0.6) is 0 Å². The van der Waals surface area contributed by atoms with Gasteiger partial charge in [-0.3, -0.25) is 4.98 Å². The molecular weight excluding hydrogens is 188 g/mol. The number of nitrogens with zero attached hydrogens (tertiary/aromatic N) is 1. The molecule has 0 saturated heterocycles. The van der Waals surface area contributed by atoms with E-state index in [0.717, 1.165) is 11.3 Å². The van der Waals surface area contributed by atoms with Crippen LogP contribution in [0.25, 0.3) is 11.3 Å². The number of nitrogens with one attached hydrogen (secondary N) is 1. The minimum Gasteiger partial charge on any atom is -0.350 e. The number of aromatic nitrogens is 2. The van der Waals surface area contributed by atoms with Gasteiger partial charge in [-0.15, -0.1) is 0 Å². The average Bonchev–Trinajstić information content (AvgIpc) is 2.58. The van der Waals surface area contributed by atoms with Gasteiger partial charge in [-0.05, 0) is 11.4 Å². The Kier molecular flexibility index (Phi) is 2.01. The smallest absolute Gasteiger partial charge is 0.121 e. The molecule has 0 aliphatic rings. The van der Waals surface area contributed by atoms with Crippen molar-refractivity contribution >= 4 is 23.6 Å². The molecule has 2 aromatic heterocycles. The molecule has 0 spiro atoms. The third kappa shape index (κ3) is 1.44. The van der Waals surface area contributed by atoms with Gasteiger partial charge in [-0.25, -0.2) is 0 Å². The lowest BCUT2D eigenvalue weighted by Crippen LogP contribution is -1.82. The highest BCUT2D eigenvalue weighted by molar-refractivity contribution is 7.71. The first kappa shape index (κ1) is 7.64. The Morgan fingerprint density at radius 3 is 3.00 bits per heavy atom. The quantitative estimate of drug-likeness (QED) is 0.707. The zero-order valence-electron chi connectivity index (χ0n) is 6.15. The van der Waals surface area contributed by atoms with Crippen LogP contribution < -0.4 is 0 Å². The van der Waals surface area contributed by atoms with E-state index in [9.17, 15) is 0 Å². The van der Waals surface area contributed by atoms with Crippen molar-refractivity contribution in [3.63, 3.8) is 0 Å². The molecule has 2 aromatic rings. The highest BCUT2D eigenvalue weighted by Gasteiger charge is 1.96. The number of thiophene rings is 1. The molecule has 0 aliphatic heterocycles. The van der Waals surface area contributed by atoms with E-state index in [1.165, 1.54) is 0 Å². The third-order valence-corrected chi connectivity index (χ3v) is 2.40. The molecule has 0 amide bonds. The summed E-state index contributed by atoms with van der Waals surface area (Å²) in [5.74, 6) is 0. The van der Waals surface area contributed by atoms with Crippen molar-refractivity contribution in [3.8, 4) is 11.3 Å². The van der Waals surface area contributed by atoms with Crippen LogP contribution in [-0.2, 0) is 0 Å². The van der Waals surface area contributed by atoms with Crippen LogP contribution in [0.3, 0.4) is 0 Å². The standard InChI is InChI=1S/C8H6N2S2/c11-8-4-9-7(3-10-8)6-1-2-12-5-6/h1-5H,(H,10,11). The van der Waals surface area contributed by atoms with Crippen LogP contribution in [0, 0.1) is 4.64 Å². The van der Waals surface area contributed by atoms with Gasteiger partial charge in [0.25, 0.3) is 0 Å². The first-order valence-electron chi connectivity index (χ1n) is 3.43. The van der Waals surface area contributed by atoms with Crippen LogP contribution in [0.15, 0.2) is 29.2 Å². The van der Waals surface area contributed by atoms with Gasteiger partial charge in [-0.1, -0.05) is 12.2 Å². The summed E-state index contributed by atoms with van der Waals surface area (Å²) < 4.78 is 0.661. The van der Waals surface area contributed by atoms with Gasteiger partial charge in [-0.2, -0.15) is 11.3 Å². The number of hydrogen-bond donors (Lipinski definition) is 1. The predicted molar refractivity (Wildman–Crippen MR) is 52.7 cm³/mol. The summed E-state index contributed by atoms with van der Waals surface area (Å²) >= 11 is 6.54. The molecule has 60 valence electrons. The summed E-state index contributed by atoms with van der Waals surface area (Å²) in [7, 11) is 0. The molecule has 0 saturated carbocycles. The Bertz CT molecular complexity index is 396. The monoisotopic (exact) mass is 194 g/mol. The van der Waals surface area contributed by atoms with Crippen molar-refractivity contribution in [2.24, 2.45) is 0 Å². The minimum absolute atomic E-state index is 0.661. The Morgan fingerprint density at radius 1 is 1.50 bits per heavy atom. The number of H-pyrrole nitrogens is 1. The molecule has 0 bridgehead atoms. The molecule has 2 heterocycles. The summed E-state index contributed by atoms with van der Waals surface area (Å²) in [6, 6.07) is 2.03. The highest BCUT2D eigenvalue weighted by atomic mass is 32.1. The van der Waals surface area contributed by atoms with E-state index in [-0.39, 0.29) is 0 Å². The van der Waals surface area contributed by atoms with Crippen LogP contribution in [-0.4, -0.2) is 9.97 Å². The van der Waals surface area contributed by atoms with Crippen LogP contribution in [0.2, 0.25) is 0 Å². The summed E-state index contributed by atoms with van der Waals surface area (Å²) in [5.41, 5.74) is 2.07. The van der Waals surface area contributed by atoms with Crippen molar-refractivity contribution < 1.29 is 0 Å². The summed E-state index contributed by atoms with van der Waals surface area (Å²) in [4.78, 5) is 7.14. The first-order chi connectivity index (χ1) is 5.86. The lowest BCUT2D eigenvalue weighted by Gasteiger charge is -1.93. The van der Waals surface area contributed by atoms with Crippen molar-refractivity contribution in [3.05, 3.63) is 33.9 Å². The lowest BCUT2D eigenvalue weighted by atomic mass is 10.3. The maximum atomic E-state index is 4.89. The molecule has 0 unspecified atom stereocenters. The zero-order valence-corrected chi connectivity index (χ0v) is 7.78. The third-order valence-electron chi connectivity index (χ3n) is 1.49. The van der Waals surface area contributed by atoms with E-state index >= 15 is 0 Å². The fraction of sp³-hybridized carbons (Fsp3) is 0. The van der Waals surface area contributed by atoms with Crippen molar-refractivity contribution in [2.45, 2.75) is 0 Å². The predicted octanol–water partition coefficient (Wildman–Crippen LogP) is 2.87. The summed E-state index contributed by atoms with van der Waals surface area (Å²) in [6.45, 7) is 0. The Hall–Kier alpha value is -1.00. The molecule has 12 heavy (non-hydrogen) atoms. The van der Waals surface area contributed by atoms with Crippen LogP contribution >= 0.6 is 23.6 Å². The number of rotatable bonds is 1. The lowest BCUT2D eigenvalue weighted by molar-refractivity contribution is 1.19. The van der Waals surface area contributed by atoms with E-state index in [4.69, 9.17) is 12.2 Å². The molecule has 0 aliphatic carbocycles. The van der Waals surface area contributed by atoms with E-state index in [2.05, 4.69) is 15.3 Å². The van der Waals surface area contributed by atoms with E-state index in [0.29, 0.717) is 4.64 Å². The van der Waals surface area contributed by atoms with Gasteiger partial charge in [0.05, 0.1) is 11.9 Å². The molecule has 0 atom stereocenters. The topological polar surface area (TPSA) is 28.7 Å². The van der Waals surface area contributed by atoms with Gasteiger partial charge in [0.1, 0.15) is 4.64 Å². The Morgan fingerprint density at radius 2 is 2.42 bits per heavy atom. The Labute approximate surface area is 78.9 Å². The molecule has 2 nitrogen and oxygen atoms in total. The molecular formula is C8H6N2S2. The SMILES string of the molecule is S=c1cnc(-c2ccsc2)c[nH]1. The van der Waals surface area contributed by atoms with Crippen LogP contribution in [0.1, 0.15) is 0 Å². The zero-order chi connectivity index (χ0) is 8.39. The van der Waals surface area contributed by atoms with Gasteiger partial charge in [0, 0.05) is 17.1 Å². The molecule has 4 heteroatoms. The van der Waals surface area contributed by atoms with Gasteiger partial charge < -0.3 is 4.98 Å². The van der Waals surface area contributed by atoms with E-state index in [1.807, 2.05) is 17.6 Å². The maximum absolute atomic E-state index is 4.89. The average molecular weight is 194 g/mol.